The average molecular weight is 276 g/mol. The zero-order chi connectivity index (χ0) is 14.4. The molecule has 0 radical (unpaired) electrons. The minimum atomic E-state index is -0.335. The molecule has 0 atom stereocenters. The third kappa shape index (κ3) is 3.19. The first-order chi connectivity index (χ1) is 9.72. The summed E-state index contributed by atoms with van der Waals surface area (Å²) in [5.74, 6) is 1.15. The van der Waals surface area contributed by atoms with Gasteiger partial charge in [0, 0.05) is 0 Å². The van der Waals surface area contributed by atoms with Crippen LogP contribution in [-0.4, -0.2) is 30.2 Å². The number of benzene rings is 1. The summed E-state index contributed by atoms with van der Waals surface area (Å²) in [5.41, 5.74) is 6.00. The van der Waals surface area contributed by atoms with Gasteiger partial charge in [0.15, 0.2) is 5.82 Å². The smallest absolute Gasteiger partial charge is 0.295 e. The first-order valence-electron chi connectivity index (χ1n) is 6.05. The number of nitrogen functional groups attached to an aromatic ring is 1. The molecule has 0 amide bonds. The van der Waals surface area contributed by atoms with Gasteiger partial charge in [-0.05, 0) is 12.1 Å². The highest BCUT2D eigenvalue weighted by atomic mass is 16.5. The Morgan fingerprint density at radius 2 is 2.20 bits per heavy atom. The number of hydrogen-bond acceptors (Lipinski definition) is 6. The lowest BCUT2D eigenvalue weighted by molar-refractivity contribution is 0.334. The minimum absolute atomic E-state index is 0.145. The first-order valence-corrected chi connectivity index (χ1v) is 6.05. The quantitative estimate of drug-likeness (QED) is 0.534. The molecule has 0 bridgehead atoms. The number of rotatable bonds is 6. The van der Waals surface area contributed by atoms with Crippen LogP contribution in [-0.2, 0) is 0 Å². The van der Waals surface area contributed by atoms with Crippen LogP contribution < -0.4 is 26.1 Å². The molecule has 7 heteroatoms. The number of nitrogens with two attached hydrogens (primary N) is 1. The highest BCUT2D eigenvalue weighted by molar-refractivity contribution is 5.52. The van der Waals surface area contributed by atoms with Crippen molar-refractivity contribution in [2.24, 2.45) is 0 Å². The molecular weight excluding hydrogens is 260 g/mol. The molecule has 106 valence electrons. The summed E-state index contributed by atoms with van der Waals surface area (Å²) in [7, 11) is 1.42. The van der Waals surface area contributed by atoms with Gasteiger partial charge in [0.25, 0.3) is 5.56 Å². The molecule has 0 aliphatic heterocycles. The van der Waals surface area contributed by atoms with Crippen molar-refractivity contribution in [3.05, 3.63) is 40.9 Å². The number of methoxy groups -OCH3 is 1. The Morgan fingerprint density at radius 3 is 2.95 bits per heavy atom. The molecule has 2 rings (SSSR count). The Morgan fingerprint density at radius 1 is 1.40 bits per heavy atom. The van der Waals surface area contributed by atoms with Gasteiger partial charge in [0.1, 0.15) is 12.4 Å². The van der Waals surface area contributed by atoms with E-state index in [4.69, 9.17) is 15.2 Å². The van der Waals surface area contributed by atoms with E-state index in [1.807, 2.05) is 12.1 Å². The van der Waals surface area contributed by atoms with E-state index < -0.39 is 0 Å². The van der Waals surface area contributed by atoms with Crippen LogP contribution in [0.1, 0.15) is 0 Å². The summed E-state index contributed by atoms with van der Waals surface area (Å²) in [6.07, 6.45) is 1.31. The molecule has 20 heavy (non-hydrogen) atoms. The van der Waals surface area contributed by atoms with Gasteiger partial charge < -0.3 is 25.5 Å². The number of nitrogens with zero attached hydrogens (tertiary/aromatic N) is 1. The van der Waals surface area contributed by atoms with Crippen LogP contribution in [0.25, 0.3) is 0 Å². The number of para-hydroxylation sites is 2. The van der Waals surface area contributed by atoms with Crippen LogP contribution in [0.5, 0.6) is 11.5 Å². The van der Waals surface area contributed by atoms with Crippen molar-refractivity contribution >= 4 is 11.5 Å². The van der Waals surface area contributed by atoms with Gasteiger partial charge in [-0.25, -0.2) is 4.98 Å². The van der Waals surface area contributed by atoms with Crippen LogP contribution >= 0.6 is 0 Å². The van der Waals surface area contributed by atoms with E-state index in [0.29, 0.717) is 30.4 Å². The lowest BCUT2D eigenvalue weighted by Crippen LogP contribution is -2.17. The second-order valence-electron chi connectivity index (χ2n) is 3.93. The van der Waals surface area contributed by atoms with Crippen molar-refractivity contribution in [1.29, 1.82) is 0 Å². The number of nitrogens with one attached hydrogen (secondary N) is 2. The number of hydrogen-bond donors (Lipinski definition) is 3. The number of ether oxygens (including phenoxy) is 2. The summed E-state index contributed by atoms with van der Waals surface area (Å²) >= 11 is 0. The monoisotopic (exact) mass is 276 g/mol. The van der Waals surface area contributed by atoms with E-state index in [1.54, 1.807) is 12.1 Å². The maximum atomic E-state index is 11.5. The normalized spacial score (nSPS) is 10.1. The maximum absolute atomic E-state index is 11.5. The molecule has 0 aliphatic rings. The largest absolute Gasteiger partial charge is 0.490 e. The van der Waals surface area contributed by atoms with E-state index in [0.717, 1.165) is 0 Å². The zero-order valence-electron chi connectivity index (χ0n) is 11.1. The van der Waals surface area contributed by atoms with E-state index in [2.05, 4.69) is 15.3 Å². The number of aromatic nitrogens is 2. The number of H-pyrrole nitrogens is 1. The van der Waals surface area contributed by atoms with Crippen molar-refractivity contribution in [3.63, 3.8) is 0 Å². The highest BCUT2D eigenvalue weighted by Crippen LogP contribution is 2.19. The van der Waals surface area contributed by atoms with Crippen molar-refractivity contribution in [1.82, 2.24) is 9.97 Å². The Balaban J connectivity index is 1.89. The molecule has 7 nitrogen and oxygen atoms in total. The molecule has 0 spiro atoms. The Hall–Kier alpha value is -2.70. The molecule has 0 aliphatic carbocycles. The van der Waals surface area contributed by atoms with Crippen LogP contribution in [0, 0.1) is 0 Å². The summed E-state index contributed by atoms with van der Waals surface area (Å²) < 4.78 is 10.5. The lowest BCUT2D eigenvalue weighted by atomic mass is 10.3. The average Bonchev–Trinajstić information content (AvgIpc) is 2.45. The molecule has 0 saturated heterocycles. The molecule has 0 saturated carbocycles. The van der Waals surface area contributed by atoms with Crippen LogP contribution in [0.3, 0.4) is 0 Å². The Bertz CT molecular complexity index is 627. The van der Waals surface area contributed by atoms with Gasteiger partial charge in [0.05, 0.1) is 25.7 Å². The predicted molar refractivity (Wildman–Crippen MR) is 76.2 cm³/mol. The lowest BCUT2D eigenvalue weighted by Gasteiger charge is -2.11. The van der Waals surface area contributed by atoms with Crippen LogP contribution in [0.2, 0.25) is 0 Å². The fourth-order valence-electron chi connectivity index (χ4n) is 1.64. The van der Waals surface area contributed by atoms with Crippen molar-refractivity contribution < 1.29 is 9.47 Å². The minimum Gasteiger partial charge on any atom is -0.490 e. The van der Waals surface area contributed by atoms with Gasteiger partial charge >= 0.3 is 0 Å². The van der Waals surface area contributed by atoms with E-state index >= 15 is 0 Å². The van der Waals surface area contributed by atoms with Crippen LogP contribution in [0.4, 0.5) is 11.5 Å². The van der Waals surface area contributed by atoms with Crippen LogP contribution in [0.15, 0.2) is 35.4 Å². The van der Waals surface area contributed by atoms with Crippen molar-refractivity contribution in [3.8, 4) is 11.5 Å². The Kier molecular flexibility index (Phi) is 4.43. The summed E-state index contributed by atoms with van der Waals surface area (Å²) in [4.78, 5) is 17.9. The van der Waals surface area contributed by atoms with Gasteiger partial charge in [-0.15, -0.1) is 0 Å². The summed E-state index contributed by atoms with van der Waals surface area (Å²) in [5, 5.41) is 2.97. The van der Waals surface area contributed by atoms with Gasteiger partial charge in [-0.3, -0.25) is 4.79 Å². The second kappa shape index (κ2) is 6.46. The first kappa shape index (κ1) is 13.7. The standard InChI is InChI=1S/C13H16N4O3/c1-19-11-12(16-8-17-13(11)18)15-6-7-20-10-5-3-2-4-9(10)14/h2-5,8H,6-7,14H2,1H3,(H2,15,16,17,18). The van der Waals surface area contributed by atoms with Gasteiger partial charge in [-0.2, -0.15) is 0 Å². The number of aromatic amines is 1. The van der Waals surface area contributed by atoms with Crippen molar-refractivity contribution in [2.45, 2.75) is 0 Å². The van der Waals surface area contributed by atoms with Gasteiger partial charge in [0.2, 0.25) is 5.75 Å². The summed E-state index contributed by atoms with van der Waals surface area (Å²) in [6, 6.07) is 7.25. The topological polar surface area (TPSA) is 102 Å². The predicted octanol–water partition coefficient (Wildman–Crippen LogP) is 0.852. The third-order valence-corrected chi connectivity index (χ3v) is 2.59. The zero-order valence-corrected chi connectivity index (χ0v) is 11.1. The fourth-order valence-corrected chi connectivity index (χ4v) is 1.64. The Labute approximate surface area is 115 Å². The highest BCUT2D eigenvalue weighted by Gasteiger charge is 2.07. The SMILES string of the molecule is COc1c(NCCOc2ccccc2N)nc[nH]c1=O. The molecule has 0 unspecified atom stereocenters. The van der Waals surface area contributed by atoms with E-state index in [-0.39, 0.29) is 11.3 Å². The van der Waals surface area contributed by atoms with E-state index in [1.165, 1.54) is 13.4 Å². The molecule has 1 aromatic carbocycles. The molecule has 4 N–H and O–H groups in total. The second-order valence-corrected chi connectivity index (χ2v) is 3.93. The number of anilines is 2. The molecule has 2 aromatic rings. The molecule has 1 heterocycles. The third-order valence-electron chi connectivity index (χ3n) is 2.59. The van der Waals surface area contributed by atoms with Crippen molar-refractivity contribution in [2.75, 3.05) is 31.3 Å². The molecular formula is C13H16N4O3. The maximum Gasteiger partial charge on any atom is 0.295 e. The molecule has 1 aromatic heterocycles. The fraction of sp³-hybridized carbons (Fsp3) is 0.231. The van der Waals surface area contributed by atoms with E-state index in [9.17, 15) is 4.79 Å². The summed E-state index contributed by atoms with van der Waals surface area (Å²) in [6.45, 7) is 0.840. The van der Waals surface area contributed by atoms with Gasteiger partial charge in [-0.1, -0.05) is 12.1 Å². The molecule has 0 fully saturated rings.